The number of unbranched alkanes of at least 4 members (excludes halogenated alkanes) is 32. The molecule has 0 aliphatic carbocycles. The van der Waals surface area contributed by atoms with Gasteiger partial charge in [-0.2, -0.15) is 0 Å². The monoisotopic (exact) mass is 1220 g/mol. The molecule has 0 aromatic rings. The standard InChI is InChI=1S/C72H129NO13/c1-3-5-7-9-11-13-15-17-19-21-22-23-24-25-26-27-28-29-30-31-32-33-34-35-36-37-38-40-42-44-46-48-50-52-54-56-64(77)73-60(61(76)55-53-51-49-47-45-43-41-39-20-18-16-14-12-10-8-6-4-2)59-83-71-69(82)67(80)70(63(58-75)85-71)86-72-68(81)66(79)65(78)62(57-74)84-72/h5,7,11,13,17,19,22-23,25-26,28-29,60-63,65-72,74-76,78-82H,3-4,6,8-10,12,14-16,18,20-21,24,27,30-59H2,1-2H3,(H,73,77)/b7-5-,13-11-,19-17-,23-22-,26-25-,29-28-. The highest BCUT2D eigenvalue weighted by Gasteiger charge is 2.51. The van der Waals surface area contributed by atoms with E-state index < -0.39 is 86.8 Å². The quantitative estimate of drug-likeness (QED) is 0.0204. The second-order valence-electron chi connectivity index (χ2n) is 24.6. The summed E-state index contributed by atoms with van der Waals surface area (Å²) in [6, 6.07) is -0.831. The maximum atomic E-state index is 13.3. The Bertz CT molecular complexity index is 1720. The molecule has 2 heterocycles. The zero-order chi connectivity index (χ0) is 62.3. The first-order valence-electron chi connectivity index (χ1n) is 35.2. The van der Waals surface area contributed by atoms with Crippen LogP contribution in [0.4, 0.5) is 0 Å². The van der Waals surface area contributed by atoms with Crippen LogP contribution >= 0.6 is 0 Å². The summed E-state index contributed by atoms with van der Waals surface area (Å²) >= 11 is 0. The SMILES string of the molecule is CC/C=C\C/C=C\C/C=C\C/C=C\C/C=C\C/C=C\CCCCCCCCCCCCCCCCCCC(=O)NC(COC1OC(CO)C(OC2OC(CO)C(O)C(O)C2O)C(O)C1O)C(O)CCCCCCCCCCCCCCCCCCC. The summed E-state index contributed by atoms with van der Waals surface area (Å²) < 4.78 is 22.9. The summed E-state index contributed by atoms with van der Waals surface area (Å²) in [6.07, 6.45) is 59.1. The Morgan fingerprint density at radius 3 is 1.23 bits per heavy atom. The summed E-state index contributed by atoms with van der Waals surface area (Å²) in [4.78, 5) is 13.3. The third-order valence-electron chi connectivity index (χ3n) is 16.9. The van der Waals surface area contributed by atoms with Gasteiger partial charge in [-0.25, -0.2) is 0 Å². The number of carbonyl (C=O) groups excluding carboxylic acids is 1. The van der Waals surface area contributed by atoms with Crippen LogP contribution in [-0.4, -0.2) is 140 Å². The molecule has 1 amide bonds. The van der Waals surface area contributed by atoms with Crippen LogP contribution in [0.15, 0.2) is 72.9 Å². The average molecular weight is 1220 g/mol. The lowest BCUT2D eigenvalue weighted by molar-refractivity contribution is -0.359. The summed E-state index contributed by atoms with van der Waals surface area (Å²) in [5.74, 6) is -0.205. The minimum absolute atomic E-state index is 0.205. The normalized spacial score (nSPS) is 23.8. The van der Waals surface area contributed by atoms with Gasteiger partial charge in [0.15, 0.2) is 12.6 Å². The number of amides is 1. The second kappa shape index (κ2) is 56.4. The molecule has 2 fully saturated rings. The molecule has 9 N–H and O–H groups in total. The van der Waals surface area contributed by atoms with Crippen LogP contribution in [0, 0.1) is 0 Å². The molecule has 0 spiro atoms. The van der Waals surface area contributed by atoms with Gasteiger partial charge in [0.25, 0.3) is 0 Å². The molecule has 500 valence electrons. The fourth-order valence-corrected chi connectivity index (χ4v) is 11.4. The van der Waals surface area contributed by atoms with Crippen LogP contribution in [-0.2, 0) is 23.7 Å². The molecule has 0 aromatic heterocycles. The highest BCUT2D eigenvalue weighted by molar-refractivity contribution is 5.76. The first-order chi connectivity index (χ1) is 42.1. The van der Waals surface area contributed by atoms with Gasteiger partial charge in [0, 0.05) is 6.42 Å². The van der Waals surface area contributed by atoms with Gasteiger partial charge in [0.05, 0.1) is 32.0 Å². The molecule has 2 aliphatic heterocycles. The maximum absolute atomic E-state index is 13.3. The Labute approximate surface area is 523 Å². The molecule has 0 bridgehead atoms. The fourth-order valence-electron chi connectivity index (χ4n) is 11.4. The van der Waals surface area contributed by atoms with Crippen molar-refractivity contribution in [3.63, 3.8) is 0 Å². The molecular formula is C72H129NO13. The zero-order valence-electron chi connectivity index (χ0n) is 54.3. The van der Waals surface area contributed by atoms with Gasteiger partial charge in [-0.1, -0.05) is 286 Å². The van der Waals surface area contributed by atoms with Crippen molar-refractivity contribution in [2.75, 3.05) is 19.8 Å². The summed E-state index contributed by atoms with van der Waals surface area (Å²) in [5.41, 5.74) is 0. The summed E-state index contributed by atoms with van der Waals surface area (Å²) in [6.45, 7) is 2.77. The molecule has 12 unspecified atom stereocenters. The van der Waals surface area contributed by atoms with E-state index in [1.807, 2.05) is 0 Å². The maximum Gasteiger partial charge on any atom is 0.220 e. The molecule has 0 saturated carbocycles. The summed E-state index contributed by atoms with van der Waals surface area (Å²) in [5, 5.41) is 87.5. The Kier molecular flexibility index (Phi) is 52.2. The lowest BCUT2D eigenvalue weighted by atomic mass is 9.97. The van der Waals surface area contributed by atoms with Crippen LogP contribution in [0.1, 0.15) is 284 Å². The summed E-state index contributed by atoms with van der Waals surface area (Å²) in [7, 11) is 0. The van der Waals surface area contributed by atoms with E-state index in [9.17, 15) is 45.6 Å². The third kappa shape index (κ3) is 40.2. The molecular weight excluding hydrogens is 1090 g/mol. The number of hydrogen-bond acceptors (Lipinski definition) is 13. The smallest absolute Gasteiger partial charge is 0.220 e. The van der Waals surface area contributed by atoms with Crippen molar-refractivity contribution in [3.8, 4) is 0 Å². The number of allylic oxidation sites excluding steroid dienone is 12. The molecule has 12 atom stereocenters. The molecule has 86 heavy (non-hydrogen) atoms. The number of nitrogens with one attached hydrogen (secondary N) is 1. The average Bonchev–Trinajstić information content (AvgIpc) is 2.46. The van der Waals surface area contributed by atoms with E-state index in [1.54, 1.807) is 0 Å². The number of aliphatic hydroxyl groups is 8. The van der Waals surface area contributed by atoms with Crippen molar-refractivity contribution in [2.24, 2.45) is 0 Å². The van der Waals surface area contributed by atoms with Crippen molar-refractivity contribution in [2.45, 2.75) is 357 Å². The highest BCUT2D eigenvalue weighted by Crippen LogP contribution is 2.30. The molecule has 2 aliphatic rings. The molecule has 14 heteroatoms. The van der Waals surface area contributed by atoms with E-state index in [-0.39, 0.29) is 12.5 Å². The van der Waals surface area contributed by atoms with Gasteiger partial charge >= 0.3 is 0 Å². The van der Waals surface area contributed by atoms with Crippen LogP contribution < -0.4 is 5.32 Å². The van der Waals surface area contributed by atoms with Crippen molar-refractivity contribution in [1.29, 1.82) is 0 Å². The predicted octanol–water partition coefficient (Wildman–Crippen LogP) is 14.2. The minimum Gasteiger partial charge on any atom is -0.394 e. The lowest BCUT2D eigenvalue weighted by Gasteiger charge is -2.46. The van der Waals surface area contributed by atoms with Crippen LogP contribution in [0.3, 0.4) is 0 Å². The van der Waals surface area contributed by atoms with E-state index >= 15 is 0 Å². The van der Waals surface area contributed by atoms with E-state index in [1.165, 1.54) is 167 Å². The highest BCUT2D eigenvalue weighted by atomic mass is 16.7. The Morgan fingerprint density at radius 1 is 0.430 bits per heavy atom. The van der Waals surface area contributed by atoms with E-state index in [4.69, 9.17) is 18.9 Å². The van der Waals surface area contributed by atoms with Crippen LogP contribution in [0.25, 0.3) is 0 Å². The topological polar surface area (TPSA) is 228 Å². The van der Waals surface area contributed by atoms with Crippen molar-refractivity contribution >= 4 is 5.91 Å². The van der Waals surface area contributed by atoms with E-state index in [2.05, 4.69) is 92.1 Å². The molecule has 0 aromatic carbocycles. The van der Waals surface area contributed by atoms with E-state index in [0.29, 0.717) is 12.8 Å². The van der Waals surface area contributed by atoms with E-state index in [0.717, 1.165) is 89.9 Å². The number of carbonyl (C=O) groups is 1. The number of rotatable bonds is 57. The van der Waals surface area contributed by atoms with Gasteiger partial charge in [-0.15, -0.1) is 0 Å². The second-order valence-corrected chi connectivity index (χ2v) is 24.6. The van der Waals surface area contributed by atoms with Gasteiger partial charge in [-0.3, -0.25) is 4.79 Å². The van der Waals surface area contributed by atoms with Gasteiger partial charge < -0.3 is 65.1 Å². The molecule has 2 saturated heterocycles. The molecule has 2 rings (SSSR count). The largest absolute Gasteiger partial charge is 0.394 e. The van der Waals surface area contributed by atoms with Gasteiger partial charge in [-0.05, 0) is 64.2 Å². The number of hydrogen-bond donors (Lipinski definition) is 9. The van der Waals surface area contributed by atoms with Gasteiger partial charge in [0.2, 0.25) is 5.91 Å². The molecule has 14 nitrogen and oxygen atoms in total. The van der Waals surface area contributed by atoms with Crippen molar-refractivity contribution in [3.05, 3.63) is 72.9 Å². The number of ether oxygens (including phenoxy) is 4. The van der Waals surface area contributed by atoms with Crippen LogP contribution in [0.5, 0.6) is 0 Å². The number of aliphatic hydroxyl groups excluding tert-OH is 8. The Hall–Kier alpha value is -2.57. The lowest BCUT2D eigenvalue weighted by Crippen LogP contribution is -2.65. The Morgan fingerprint density at radius 2 is 0.802 bits per heavy atom. The first kappa shape index (κ1) is 79.5. The fraction of sp³-hybridized carbons (Fsp3) is 0.819. The first-order valence-corrected chi connectivity index (χ1v) is 35.2. The van der Waals surface area contributed by atoms with Gasteiger partial charge in [0.1, 0.15) is 48.8 Å². The van der Waals surface area contributed by atoms with Crippen molar-refractivity contribution < 1.29 is 64.6 Å². The molecule has 0 radical (unpaired) electrons. The van der Waals surface area contributed by atoms with Crippen LogP contribution in [0.2, 0.25) is 0 Å². The third-order valence-corrected chi connectivity index (χ3v) is 16.9. The zero-order valence-corrected chi connectivity index (χ0v) is 54.3. The minimum atomic E-state index is -1.78. The van der Waals surface area contributed by atoms with Crippen molar-refractivity contribution in [1.82, 2.24) is 5.32 Å². The predicted molar refractivity (Wildman–Crippen MR) is 350 cm³/mol. The Balaban J connectivity index is 1.62.